The molecule has 0 radical (unpaired) electrons. The van der Waals surface area contributed by atoms with Gasteiger partial charge >= 0.3 is 0 Å². The molecule has 2 rings (SSSR count). The molecule has 0 N–H and O–H groups in total. The average Bonchev–Trinajstić information content (AvgIpc) is 2.35. The summed E-state index contributed by atoms with van der Waals surface area (Å²) in [6.45, 7) is 0. The molecule has 1 unspecified atom stereocenters. The Morgan fingerprint density at radius 1 is 1.06 bits per heavy atom. The lowest BCUT2D eigenvalue weighted by molar-refractivity contribution is 0.625. The predicted molar refractivity (Wildman–Crippen MR) is 78.2 cm³/mol. The number of hydrogen-bond acceptors (Lipinski definition) is 0. The van der Waals surface area contributed by atoms with Crippen molar-refractivity contribution in [2.75, 3.05) is 0 Å². The molecule has 1 atom stereocenters. The van der Waals surface area contributed by atoms with Crippen molar-refractivity contribution in [1.82, 2.24) is 0 Å². The van der Waals surface area contributed by atoms with Crippen LogP contribution in [0, 0.1) is 5.82 Å². The maximum atomic E-state index is 13.4. The van der Waals surface area contributed by atoms with Gasteiger partial charge in [0.05, 0.1) is 5.02 Å². The van der Waals surface area contributed by atoms with Crippen molar-refractivity contribution in [3.8, 4) is 0 Å². The standard InChI is InChI=1S/C14H10BrCl2F/c15-11(8-9-4-1-2-6-12(9)16)10-5-3-7-13(18)14(10)17/h1-7,11H,8H2. The van der Waals surface area contributed by atoms with Crippen LogP contribution >= 0.6 is 39.1 Å². The van der Waals surface area contributed by atoms with E-state index in [1.165, 1.54) is 6.07 Å². The van der Waals surface area contributed by atoms with Crippen molar-refractivity contribution in [3.63, 3.8) is 0 Å². The van der Waals surface area contributed by atoms with Gasteiger partial charge in [-0.25, -0.2) is 4.39 Å². The lowest BCUT2D eigenvalue weighted by atomic mass is 10.0. The smallest absolute Gasteiger partial charge is 0.142 e. The Morgan fingerprint density at radius 2 is 1.78 bits per heavy atom. The summed E-state index contributed by atoms with van der Waals surface area (Å²) in [7, 11) is 0. The molecule has 0 aliphatic rings. The quantitative estimate of drug-likeness (QED) is 0.614. The van der Waals surface area contributed by atoms with Crippen molar-refractivity contribution in [2.45, 2.75) is 11.2 Å². The molecule has 0 saturated carbocycles. The fourth-order valence-corrected chi connectivity index (χ4v) is 3.06. The Hall–Kier alpha value is -0.570. The number of alkyl halides is 1. The minimum absolute atomic E-state index is 0.0689. The number of halogens is 4. The Bertz CT molecular complexity index is 557. The van der Waals surface area contributed by atoms with Crippen molar-refractivity contribution < 1.29 is 4.39 Å². The van der Waals surface area contributed by atoms with Crippen LogP contribution in [0.4, 0.5) is 4.39 Å². The summed E-state index contributed by atoms with van der Waals surface area (Å²) in [4.78, 5) is -0.0689. The van der Waals surface area contributed by atoms with Gasteiger partial charge in [0.2, 0.25) is 0 Å². The highest BCUT2D eigenvalue weighted by Gasteiger charge is 2.15. The maximum Gasteiger partial charge on any atom is 0.142 e. The van der Waals surface area contributed by atoms with Crippen LogP contribution in [-0.2, 0) is 6.42 Å². The van der Waals surface area contributed by atoms with Crippen LogP contribution in [-0.4, -0.2) is 0 Å². The van der Waals surface area contributed by atoms with E-state index in [0.29, 0.717) is 11.4 Å². The third-order valence-corrected chi connectivity index (χ3v) is 4.26. The second-order valence-corrected chi connectivity index (χ2v) is 5.80. The van der Waals surface area contributed by atoms with Crippen LogP contribution in [0.25, 0.3) is 0 Å². The van der Waals surface area contributed by atoms with E-state index in [9.17, 15) is 4.39 Å². The normalized spacial score (nSPS) is 12.4. The zero-order valence-corrected chi connectivity index (χ0v) is 12.4. The van der Waals surface area contributed by atoms with Crippen LogP contribution < -0.4 is 0 Å². The molecule has 0 aliphatic heterocycles. The summed E-state index contributed by atoms with van der Waals surface area (Å²) >= 11 is 15.6. The SMILES string of the molecule is Fc1cccc(C(Br)Cc2ccccc2Cl)c1Cl. The summed E-state index contributed by atoms with van der Waals surface area (Å²) in [5.41, 5.74) is 1.73. The highest BCUT2D eigenvalue weighted by atomic mass is 79.9. The predicted octanol–water partition coefficient (Wildman–Crippen LogP) is 5.81. The van der Waals surface area contributed by atoms with Gasteiger partial charge in [0, 0.05) is 9.85 Å². The number of benzene rings is 2. The molecule has 0 amide bonds. The maximum absolute atomic E-state index is 13.4. The van der Waals surface area contributed by atoms with Crippen LogP contribution in [0.5, 0.6) is 0 Å². The molecule has 18 heavy (non-hydrogen) atoms. The van der Waals surface area contributed by atoms with E-state index in [4.69, 9.17) is 23.2 Å². The van der Waals surface area contributed by atoms with E-state index in [-0.39, 0.29) is 9.85 Å². The lowest BCUT2D eigenvalue weighted by Crippen LogP contribution is -1.98. The minimum Gasteiger partial charge on any atom is -0.205 e. The van der Waals surface area contributed by atoms with Crippen LogP contribution in [0.1, 0.15) is 16.0 Å². The Labute approximate surface area is 124 Å². The van der Waals surface area contributed by atoms with E-state index in [1.54, 1.807) is 6.07 Å². The molecule has 0 aliphatic carbocycles. The van der Waals surface area contributed by atoms with Gasteiger partial charge in [0.25, 0.3) is 0 Å². The fourth-order valence-electron chi connectivity index (χ4n) is 1.73. The van der Waals surface area contributed by atoms with Crippen LogP contribution in [0.15, 0.2) is 42.5 Å². The Balaban J connectivity index is 2.25. The monoisotopic (exact) mass is 346 g/mol. The van der Waals surface area contributed by atoms with Gasteiger partial charge in [0.1, 0.15) is 5.82 Å². The van der Waals surface area contributed by atoms with Gasteiger partial charge in [-0.1, -0.05) is 69.5 Å². The van der Waals surface area contributed by atoms with Crippen molar-refractivity contribution in [1.29, 1.82) is 0 Å². The molecule has 0 spiro atoms. The highest BCUT2D eigenvalue weighted by molar-refractivity contribution is 9.09. The topological polar surface area (TPSA) is 0 Å². The van der Waals surface area contributed by atoms with E-state index in [0.717, 1.165) is 11.1 Å². The zero-order chi connectivity index (χ0) is 13.1. The molecule has 94 valence electrons. The minimum atomic E-state index is -0.405. The molecule has 0 nitrogen and oxygen atoms in total. The summed E-state index contributed by atoms with van der Waals surface area (Å²) in [5, 5.41) is 0.862. The fraction of sp³-hybridized carbons (Fsp3) is 0.143. The van der Waals surface area contributed by atoms with E-state index in [1.807, 2.05) is 30.3 Å². The first kappa shape index (κ1) is 13.9. The molecule has 0 aromatic heterocycles. The van der Waals surface area contributed by atoms with E-state index >= 15 is 0 Å². The highest BCUT2D eigenvalue weighted by Crippen LogP contribution is 2.34. The average molecular weight is 348 g/mol. The van der Waals surface area contributed by atoms with Crippen molar-refractivity contribution >= 4 is 39.1 Å². The molecular formula is C14H10BrCl2F. The summed E-state index contributed by atoms with van der Waals surface area (Å²) in [6, 6.07) is 12.4. The first-order chi connectivity index (χ1) is 8.59. The zero-order valence-electron chi connectivity index (χ0n) is 9.34. The number of hydrogen-bond donors (Lipinski definition) is 0. The molecule has 0 heterocycles. The third-order valence-electron chi connectivity index (χ3n) is 2.68. The third kappa shape index (κ3) is 3.05. The van der Waals surface area contributed by atoms with Gasteiger partial charge in [0.15, 0.2) is 0 Å². The van der Waals surface area contributed by atoms with Gasteiger partial charge in [-0.2, -0.15) is 0 Å². The van der Waals surface area contributed by atoms with Crippen LogP contribution in [0.2, 0.25) is 10.0 Å². The van der Waals surface area contributed by atoms with Crippen LogP contribution in [0.3, 0.4) is 0 Å². The molecule has 0 bridgehead atoms. The first-order valence-corrected chi connectivity index (χ1v) is 7.08. The molecule has 0 fully saturated rings. The Kier molecular flexibility index (Phi) is 4.66. The molecule has 4 heteroatoms. The molecular weight excluding hydrogens is 338 g/mol. The van der Waals surface area contributed by atoms with Crippen molar-refractivity contribution in [3.05, 3.63) is 69.5 Å². The van der Waals surface area contributed by atoms with Gasteiger partial charge in [-0.3, -0.25) is 0 Å². The van der Waals surface area contributed by atoms with Gasteiger partial charge < -0.3 is 0 Å². The summed E-state index contributed by atoms with van der Waals surface area (Å²) < 4.78 is 13.4. The summed E-state index contributed by atoms with van der Waals surface area (Å²) in [6.07, 6.45) is 0.656. The molecule has 2 aromatic rings. The number of rotatable bonds is 3. The first-order valence-electron chi connectivity index (χ1n) is 5.41. The summed E-state index contributed by atoms with van der Waals surface area (Å²) in [5.74, 6) is -0.405. The largest absolute Gasteiger partial charge is 0.205 e. The second-order valence-electron chi connectivity index (χ2n) is 3.91. The Morgan fingerprint density at radius 3 is 2.50 bits per heavy atom. The van der Waals surface area contributed by atoms with E-state index < -0.39 is 5.82 Å². The molecule has 2 aromatic carbocycles. The van der Waals surface area contributed by atoms with Crippen molar-refractivity contribution in [2.24, 2.45) is 0 Å². The lowest BCUT2D eigenvalue weighted by Gasteiger charge is -2.13. The van der Waals surface area contributed by atoms with Gasteiger partial charge in [-0.05, 0) is 29.7 Å². The van der Waals surface area contributed by atoms with Gasteiger partial charge in [-0.15, -0.1) is 0 Å². The molecule has 0 saturated heterocycles. The van der Waals surface area contributed by atoms with E-state index in [2.05, 4.69) is 15.9 Å². The second kappa shape index (κ2) is 6.05.